The van der Waals surface area contributed by atoms with Gasteiger partial charge in [0.15, 0.2) is 5.76 Å². The van der Waals surface area contributed by atoms with Crippen LogP contribution in [-0.2, 0) is 20.7 Å². The van der Waals surface area contributed by atoms with Crippen LogP contribution >= 0.6 is 11.3 Å². The highest BCUT2D eigenvalue weighted by atomic mass is 32.1. The van der Waals surface area contributed by atoms with Crippen molar-refractivity contribution < 1.29 is 28.3 Å². The maximum absolute atomic E-state index is 12.2. The first-order chi connectivity index (χ1) is 11.6. The van der Waals surface area contributed by atoms with Crippen molar-refractivity contribution in [1.29, 1.82) is 0 Å². The molecule has 0 saturated carbocycles. The maximum atomic E-state index is 12.2. The molecule has 126 valence electrons. The normalized spacial score (nSPS) is 15.7. The predicted molar refractivity (Wildman–Crippen MR) is 85.4 cm³/mol. The van der Waals surface area contributed by atoms with Crippen LogP contribution in [0.2, 0.25) is 0 Å². The molecule has 7 nitrogen and oxygen atoms in total. The Balaban J connectivity index is 2.00. The quantitative estimate of drug-likeness (QED) is 0.853. The first kappa shape index (κ1) is 16.3. The van der Waals surface area contributed by atoms with Crippen molar-refractivity contribution in [3.05, 3.63) is 40.2 Å². The Morgan fingerprint density at radius 1 is 1.29 bits per heavy atom. The second-order valence-electron chi connectivity index (χ2n) is 5.18. The largest absolute Gasteiger partial charge is 0.469 e. The van der Waals surface area contributed by atoms with E-state index in [1.54, 1.807) is 6.07 Å². The highest BCUT2D eigenvalue weighted by Crippen LogP contribution is 2.46. The Labute approximate surface area is 141 Å². The number of rotatable bonds is 4. The summed E-state index contributed by atoms with van der Waals surface area (Å²) in [6.07, 6.45) is 2.60. The SMILES string of the molecule is COC(=O)c1c(NC(=O)c2ccco2)sc2c1[C@@H](C(=O)OC)CC2. The average Bonchev–Trinajstić information content (AvgIpc) is 3.29. The fraction of sp³-hybridized carbons (Fsp3) is 0.312. The van der Waals surface area contributed by atoms with E-state index in [2.05, 4.69) is 5.32 Å². The van der Waals surface area contributed by atoms with Crippen molar-refractivity contribution in [1.82, 2.24) is 0 Å². The molecule has 0 bridgehead atoms. The zero-order chi connectivity index (χ0) is 17.3. The Morgan fingerprint density at radius 2 is 2.08 bits per heavy atom. The van der Waals surface area contributed by atoms with Gasteiger partial charge >= 0.3 is 11.9 Å². The molecule has 8 heteroatoms. The molecule has 0 fully saturated rings. The molecule has 0 aromatic carbocycles. The van der Waals surface area contributed by atoms with Crippen LogP contribution in [0.4, 0.5) is 5.00 Å². The van der Waals surface area contributed by atoms with Crippen LogP contribution in [-0.4, -0.2) is 32.1 Å². The second-order valence-corrected chi connectivity index (χ2v) is 6.29. The third-order valence-electron chi connectivity index (χ3n) is 3.88. The molecular formula is C16H15NO6S. The fourth-order valence-electron chi connectivity index (χ4n) is 2.81. The number of amides is 1. The molecule has 1 aliphatic rings. The molecule has 0 unspecified atom stereocenters. The minimum atomic E-state index is -0.599. The van der Waals surface area contributed by atoms with Gasteiger partial charge in [0.25, 0.3) is 5.91 Å². The molecule has 3 rings (SSSR count). The maximum Gasteiger partial charge on any atom is 0.341 e. The van der Waals surface area contributed by atoms with E-state index in [1.807, 2.05) is 0 Å². The molecule has 1 amide bonds. The number of hydrogen-bond donors (Lipinski definition) is 1. The number of thiophene rings is 1. The summed E-state index contributed by atoms with van der Waals surface area (Å²) in [6, 6.07) is 3.11. The molecule has 2 aromatic heterocycles. The number of hydrogen-bond acceptors (Lipinski definition) is 7. The summed E-state index contributed by atoms with van der Waals surface area (Å²) < 4.78 is 14.7. The number of methoxy groups -OCH3 is 2. The van der Waals surface area contributed by atoms with E-state index in [4.69, 9.17) is 13.9 Å². The summed E-state index contributed by atoms with van der Waals surface area (Å²) in [5.74, 6) is -1.87. The van der Waals surface area contributed by atoms with E-state index in [0.29, 0.717) is 23.4 Å². The van der Waals surface area contributed by atoms with Gasteiger partial charge in [-0.3, -0.25) is 9.59 Å². The number of nitrogens with one attached hydrogen (secondary N) is 1. The Hall–Kier alpha value is -2.61. The van der Waals surface area contributed by atoms with Gasteiger partial charge in [0, 0.05) is 4.88 Å². The van der Waals surface area contributed by atoms with Crippen LogP contribution in [0.1, 0.15) is 43.7 Å². The lowest BCUT2D eigenvalue weighted by Gasteiger charge is -2.11. The number of anilines is 1. The lowest BCUT2D eigenvalue weighted by Crippen LogP contribution is -2.17. The number of furan rings is 1. The lowest BCUT2D eigenvalue weighted by atomic mass is 9.99. The summed E-state index contributed by atoms with van der Waals surface area (Å²) in [7, 11) is 2.57. The summed E-state index contributed by atoms with van der Waals surface area (Å²) >= 11 is 1.27. The molecule has 1 aliphatic carbocycles. The van der Waals surface area contributed by atoms with Gasteiger partial charge in [-0.25, -0.2) is 4.79 Å². The lowest BCUT2D eigenvalue weighted by molar-refractivity contribution is -0.142. The minimum absolute atomic E-state index is 0.129. The van der Waals surface area contributed by atoms with Crippen molar-refractivity contribution in [2.45, 2.75) is 18.8 Å². The third-order valence-corrected chi connectivity index (χ3v) is 5.06. The summed E-state index contributed by atoms with van der Waals surface area (Å²) in [5.41, 5.74) is 0.804. The van der Waals surface area contributed by atoms with Crippen LogP contribution < -0.4 is 5.32 Å². The highest BCUT2D eigenvalue weighted by Gasteiger charge is 2.38. The van der Waals surface area contributed by atoms with Gasteiger partial charge in [-0.2, -0.15) is 0 Å². The number of esters is 2. The van der Waals surface area contributed by atoms with Crippen molar-refractivity contribution in [2.75, 3.05) is 19.5 Å². The average molecular weight is 349 g/mol. The van der Waals surface area contributed by atoms with Crippen LogP contribution in [0.5, 0.6) is 0 Å². The number of carbonyl (C=O) groups excluding carboxylic acids is 3. The van der Waals surface area contributed by atoms with E-state index < -0.39 is 23.8 Å². The summed E-state index contributed by atoms with van der Waals surface area (Å²) in [5, 5.41) is 3.02. The van der Waals surface area contributed by atoms with Crippen LogP contribution in [0.3, 0.4) is 0 Å². The number of fused-ring (bicyclic) bond motifs is 1. The Morgan fingerprint density at radius 3 is 2.71 bits per heavy atom. The Bertz CT molecular complexity index is 792. The molecule has 0 aliphatic heterocycles. The van der Waals surface area contributed by atoms with E-state index in [0.717, 1.165) is 4.88 Å². The number of aryl methyl sites for hydroxylation is 1. The Kier molecular flexibility index (Phi) is 4.39. The second kappa shape index (κ2) is 6.48. The van der Waals surface area contributed by atoms with Gasteiger partial charge in [0.2, 0.25) is 0 Å². The van der Waals surface area contributed by atoms with Crippen molar-refractivity contribution in [2.24, 2.45) is 0 Å². The molecule has 2 heterocycles. The minimum Gasteiger partial charge on any atom is -0.469 e. The molecule has 0 saturated heterocycles. The van der Waals surface area contributed by atoms with Gasteiger partial charge in [-0.15, -0.1) is 11.3 Å². The first-order valence-electron chi connectivity index (χ1n) is 7.23. The highest BCUT2D eigenvalue weighted by molar-refractivity contribution is 7.17. The van der Waals surface area contributed by atoms with Crippen molar-refractivity contribution in [3.8, 4) is 0 Å². The van der Waals surface area contributed by atoms with Gasteiger partial charge < -0.3 is 19.2 Å². The molecule has 1 N–H and O–H groups in total. The van der Waals surface area contributed by atoms with Gasteiger partial charge in [-0.05, 0) is 30.5 Å². The standard InChI is InChI=1S/C16H15NO6S/c1-21-15(19)8-5-6-10-11(8)12(16(20)22-2)14(24-10)17-13(18)9-4-3-7-23-9/h3-4,7-8H,5-6H2,1-2H3,(H,17,18)/t8-/m0/s1. The van der Waals surface area contributed by atoms with E-state index >= 15 is 0 Å². The first-order valence-corrected chi connectivity index (χ1v) is 8.05. The van der Waals surface area contributed by atoms with E-state index in [9.17, 15) is 14.4 Å². The van der Waals surface area contributed by atoms with Crippen LogP contribution in [0, 0.1) is 0 Å². The number of ether oxygens (including phenoxy) is 2. The molecular weight excluding hydrogens is 334 g/mol. The van der Waals surface area contributed by atoms with Gasteiger partial charge in [-0.1, -0.05) is 0 Å². The van der Waals surface area contributed by atoms with Gasteiger partial charge in [0.05, 0.1) is 32.0 Å². The third kappa shape index (κ3) is 2.69. The van der Waals surface area contributed by atoms with Crippen molar-refractivity contribution >= 4 is 34.2 Å². The summed E-state index contributed by atoms with van der Waals surface area (Å²) in [4.78, 5) is 37.3. The molecule has 1 atom stereocenters. The number of carbonyl (C=O) groups is 3. The van der Waals surface area contributed by atoms with Gasteiger partial charge in [0.1, 0.15) is 5.00 Å². The zero-order valence-electron chi connectivity index (χ0n) is 13.1. The van der Waals surface area contributed by atoms with E-state index in [-0.39, 0.29) is 11.3 Å². The topological polar surface area (TPSA) is 94.8 Å². The molecule has 0 radical (unpaired) electrons. The monoisotopic (exact) mass is 349 g/mol. The fourth-order valence-corrected chi connectivity index (χ4v) is 4.07. The van der Waals surface area contributed by atoms with E-state index in [1.165, 1.54) is 37.9 Å². The van der Waals surface area contributed by atoms with Crippen molar-refractivity contribution in [3.63, 3.8) is 0 Å². The predicted octanol–water partition coefficient (Wildman–Crippen LogP) is 2.58. The van der Waals surface area contributed by atoms with Crippen LogP contribution in [0.25, 0.3) is 0 Å². The molecule has 2 aromatic rings. The van der Waals surface area contributed by atoms with Crippen LogP contribution in [0.15, 0.2) is 22.8 Å². The zero-order valence-corrected chi connectivity index (χ0v) is 13.9. The molecule has 24 heavy (non-hydrogen) atoms. The summed E-state index contributed by atoms with van der Waals surface area (Å²) in [6.45, 7) is 0. The smallest absolute Gasteiger partial charge is 0.341 e. The molecule has 0 spiro atoms.